The second-order valence-electron chi connectivity index (χ2n) is 15.2. The van der Waals surface area contributed by atoms with Gasteiger partial charge in [0, 0.05) is 13.1 Å². The van der Waals surface area contributed by atoms with Crippen LogP contribution in [-0.2, 0) is 53.1 Å². The lowest BCUT2D eigenvalue weighted by Crippen LogP contribution is -2.60. The Morgan fingerprint density at radius 1 is 0.690 bits per heavy atom. The molecule has 3 heterocycles. The van der Waals surface area contributed by atoms with E-state index in [1.165, 1.54) is 18.5 Å². The molecule has 4 aromatic rings. The molecule has 8 atom stereocenters. The molecular formula is C45H57N5O7S. The summed E-state index contributed by atoms with van der Waals surface area (Å²) in [5, 5.41) is 4.19. The van der Waals surface area contributed by atoms with Gasteiger partial charge in [0.25, 0.3) is 21.9 Å². The predicted molar refractivity (Wildman–Crippen MR) is 222 cm³/mol. The van der Waals surface area contributed by atoms with Crippen molar-refractivity contribution in [1.82, 2.24) is 24.6 Å². The first kappa shape index (κ1) is 44.2. The number of carbonyl (C=O) groups is 2. The van der Waals surface area contributed by atoms with E-state index in [1.807, 2.05) is 86.3 Å². The summed E-state index contributed by atoms with van der Waals surface area (Å²) in [5.41, 5.74) is 3.02. The highest BCUT2D eigenvalue weighted by atomic mass is 32.2. The zero-order chi connectivity index (χ0) is 41.8. The molecule has 0 N–H and O–H groups in total. The predicted octanol–water partition coefficient (Wildman–Crippen LogP) is 6.49. The molecule has 0 radical (unpaired) electrons. The Morgan fingerprint density at radius 2 is 1.17 bits per heavy atom. The van der Waals surface area contributed by atoms with Crippen molar-refractivity contribution in [3.8, 4) is 0 Å². The summed E-state index contributed by atoms with van der Waals surface area (Å²) in [6, 6.07) is 25.8. The molecule has 1 aromatic heterocycles. The van der Waals surface area contributed by atoms with Gasteiger partial charge in [-0.1, -0.05) is 118 Å². The van der Waals surface area contributed by atoms with Crippen molar-refractivity contribution in [3.05, 3.63) is 140 Å². The van der Waals surface area contributed by atoms with Crippen molar-refractivity contribution in [2.24, 2.45) is 23.7 Å². The van der Waals surface area contributed by atoms with E-state index in [0.29, 0.717) is 32.8 Å². The molecule has 0 spiro atoms. The third-order valence-corrected chi connectivity index (χ3v) is 12.7. The number of aromatic nitrogens is 3. The number of hydrogen-bond acceptors (Lipinski definition) is 9. The van der Waals surface area contributed by atoms with Crippen molar-refractivity contribution in [2.75, 3.05) is 19.7 Å². The Kier molecular flexibility index (Phi) is 15.7. The van der Waals surface area contributed by atoms with Crippen molar-refractivity contribution >= 4 is 21.9 Å². The molecule has 58 heavy (non-hydrogen) atoms. The van der Waals surface area contributed by atoms with Crippen molar-refractivity contribution in [3.63, 3.8) is 0 Å². The van der Waals surface area contributed by atoms with Gasteiger partial charge in [-0.05, 0) is 53.9 Å². The van der Waals surface area contributed by atoms with Gasteiger partial charge in [-0.3, -0.25) is 18.5 Å². The molecule has 8 unspecified atom stereocenters. The van der Waals surface area contributed by atoms with Crippen LogP contribution >= 0.6 is 0 Å². The number of nitrogens with zero attached hydrogens (tertiary/aromatic N) is 5. The van der Waals surface area contributed by atoms with Gasteiger partial charge >= 0.3 is 0 Å². The van der Waals surface area contributed by atoms with Gasteiger partial charge in [0.2, 0.25) is 0 Å². The molecule has 2 fully saturated rings. The van der Waals surface area contributed by atoms with E-state index in [0.717, 1.165) is 16.7 Å². The van der Waals surface area contributed by atoms with Crippen LogP contribution in [0.15, 0.2) is 128 Å². The highest BCUT2D eigenvalue weighted by molar-refractivity contribution is 7.86. The molecule has 2 aliphatic heterocycles. The fourth-order valence-corrected chi connectivity index (χ4v) is 8.50. The number of amides is 2. The summed E-state index contributed by atoms with van der Waals surface area (Å²) in [6.45, 7) is 19.8. The van der Waals surface area contributed by atoms with E-state index < -0.39 is 28.4 Å². The largest absolute Gasteiger partial charge is 0.363 e. The molecule has 12 nitrogen and oxygen atoms in total. The van der Waals surface area contributed by atoms with Crippen LogP contribution in [0.25, 0.3) is 0 Å². The van der Waals surface area contributed by atoms with Gasteiger partial charge in [-0.2, -0.15) is 13.5 Å². The summed E-state index contributed by atoms with van der Waals surface area (Å²) in [7, 11) is -3.93. The quantitative estimate of drug-likeness (QED) is 0.0921. The minimum atomic E-state index is -3.93. The highest BCUT2D eigenvalue weighted by Gasteiger charge is 2.46. The van der Waals surface area contributed by atoms with E-state index in [2.05, 4.69) is 37.1 Å². The van der Waals surface area contributed by atoms with E-state index in [9.17, 15) is 18.0 Å². The first-order valence-corrected chi connectivity index (χ1v) is 21.2. The minimum absolute atomic E-state index is 0.0246. The number of ether oxygens (including phenoxy) is 2. The lowest BCUT2D eigenvalue weighted by molar-refractivity contribution is -0.164. The summed E-state index contributed by atoms with van der Waals surface area (Å²) in [6.07, 6.45) is 5.54. The van der Waals surface area contributed by atoms with Gasteiger partial charge in [-0.25, -0.2) is 4.98 Å². The highest BCUT2D eigenvalue weighted by Crippen LogP contribution is 2.34. The lowest BCUT2D eigenvalue weighted by Gasteiger charge is -2.46. The van der Waals surface area contributed by atoms with E-state index >= 15 is 0 Å². The molecule has 0 saturated carbocycles. The lowest BCUT2D eigenvalue weighted by atomic mass is 9.79. The average Bonchev–Trinajstić information content (AvgIpc) is 3.75. The van der Waals surface area contributed by atoms with Gasteiger partial charge in [0.05, 0.1) is 43.3 Å². The standard InChI is InChI=1S/C25H31NO5S.C20H26N4O2/c1-5-15-26-23(17-31-32(28,29)22-13-11-18(2)12-14-22)19(3)20(4)24(25(26)27)30-16-21-9-7-6-8-10-21;1-4-10-24-18(11-23-14-21-13-22-23)15(2)16(3)19(20(24)25)26-12-17-8-6-5-7-9-17/h5-14,19-20,23-24H,1,15-17H2,2-4H3;4-9,13-16,18-19H,1,10-12H2,2-3H3. The number of rotatable bonds is 16. The summed E-state index contributed by atoms with van der Waals surface area (Å²) >= 11 is 0. The topological polar surface area (TPSA) is 133 Å². The Bertz CT molecular complexity index is 2030. The van der Waals surface area contributed by atoms with Gasteiger partial charge in [-0.15, -0.1) is 13.2 Å². The number of hydrogen-bond donors (Lipinski definition) is 0. The SMILES string of the molecule is C=CCN1C(=O)C(OCc2ccccc2)C(C)C(C)C1COS(=O)(=O)c1ccc(C)cc1.C=CCN1C(=O)C(OCc2ccccc2)C(C)C(C)C1Cn1cncn1. The Morgan fingerprint density at radius 3 is 1.64 bits per heavy atom. The molecular weight excluding hydrogens is 755 g/mol. The Labute approximate surface area is 343 Å². The number of carbonyl (C=O) groups excluding carboxylic acids is 2. The van der Waals surface area contributed by atoms with Crippen LogP contribution < -0.4 is 0 Å². The number of piperidine rings is 2. The molecule has 2 aliphatic rings. The Balaban J connectivity index is 0.000000226. The van der Waals surface area contributed by atoms with Crippen LogP contribution in [0, 0.1) is 30.6 Å². The van der Waals surface area contributed by atoms with Crippen LogP contribution in [0.5, 0.6) is 0 Å². The summed E-state index contributed by atoms with van der Waals surface area (Å²) in [4.78, 5) is 34.0. The monoisotopic (exact) mass is 811 g/mol. The second kappa shape index (κ2) is 20.6. The van der Waals surface area contributed by atoms with Crippen molar-refractivity contribution < 1.29 is 31.7 Å². The average molecular weight is 812 g/mol. The fourth-order valence-electron chi connectivity index (χ4n) is 7.58. The van der Waals surface area contributed by atoms with Gasteiger partial charge in [0.15, 0.2) is 0 Å². The first-order valence-electron chi connectivity index (χ1n) is 19.8. The van der Waals surface area contributed by atoms with Crippen LogP contribution in [0.3, 0.4) is 0 Å². The Hall–Kier alpha value is -4.95. The number of likely N-dealkylation sites (tertiary alicyclic amines) is 2. The second-order valence-corrected chi connectivity index (χ2v) is 16.8. The molecule has 6 rings (SSSR count). The molecule has 0 bridgehead atoms. The fraction of sp³-hybridized carbons (Fsp3) is 0.422. The number of benzene rings is 3. The maximum atomic E-state index is 13.3. The van der Waals surface area contributed by atoms with Crippen molar-refractivity contribution in [2.45, 2.75) is 83.6 Å². The maximum Gasteiger partial charge on any atom is 0.297 e. The van der Waals surface area contributed by atoms with Crippen LogP contribution in [0.2, 0.25) is 0 Å². The van der Waals surface area contributed by atoms with Gasteiger partial charge in [0.1, 0.15) is 24.9 Å². The van der Waals surface area contributed by atoms with Crippen molar-refractivity contribution in [1.29, 1.82) is 0 Å². The van der Waals surface area contributed by atoms with Crippen LogP contribution in [0.4, 0.5) is 0 Å². The molecule has 13 heteroatoms. The third kappa shape index (κ3) is 11.0. The molecule has 310 valence electrons. The minimum Gasteiger partial charge on any atom is -0.363 e. The summed E-state index contributed by atoms with van der Waals surface area (Å²) in [5.74, 6) is 0.0762. The van der Waals surface area contributed by atoms with Crippen LogP contribution in [0.1, 0.15) is 44.4 Å². The zero-order valence-electron chi connectivity index (χ0n) is 34.2. The maximum absolute atomic E-state index is 13.3. The molecule has 3 aromatic carbocycles. The van der Waals surface area contributed by atoms with E-state index in [4.69, 9.17) is 13.7 Å². The summed E-state index contributed by atoms with van der Waals surface area (Å²) < 4.78 is 44.6. The normalized spacial score (nSPS) is 24.8. The molecule has 2 saturated heterocycles. The zero-order valence-corrected chi connectivity index (χ0v) is 35.0. The van der Waals surface area contributed by atoms with Gasteiger partial charge < -0.3 is 19.3 Å². The van der Waals surface area contributed by atoms with Crippen LogP contribution in [-0.4, -0.2) is 88.8 Å². The number of aryl methyl sites for hydroxylation is 1. The first-order chi connectivity index (χ1) is 27.9. The smallest absolute Gasteiger partial charge is 0.297 e. The molecule has 2 amide bonds. The van der Waals surface area contributed by atoms with E-state index in [1.54, 1.807) is 40.2 Å². The van der Waals surface area contributed by atoms with E-state index in [-0.39, 0.29) is 53.0 Å². The third-order valence-electron chi connectivity index (χ3n) is 11.4. The molecule has 0 aliphatic carbocycles.